The summed E-state index contributed by atoms with van der Waals surface area (Å²) >= 11 is 28.9. The predicted octanol–water partition coefficient (Wildman–Crippen LogP) is 11.7. The van der Waals surface area contributed by atoms with Gasteiger partial charge >= 0.3 is 0 Å². The van der Waals surface area contributed by atoms with Gasteiger partial charge in [0, 0.05) is 23.3 Å². The molecule has 14 heteroatoms. The van der Waals surface area contributed by atoms with Crippen LogP contribution >= 0.6 is 127 Å². The number of halogens is 8. The Hall–Kier alpha value is -0.160. The Morgan fingerprint density at radius 2 is 0.766 bits per heavy atom. The van der Waals surface area contributed by atoms with Crippen LogP contribution in [0.1, 0.15) is 25.0 Å². The molecule has 252 valence electrons. The van der Waals surface area contributed by atoms with Crippen LogP contribution in [0.2, 0.25) is 0 Å². The van der Waals surface area contributed by atoms with Crippen molar-refractivity contribution in [3.8, 4) is 23.0 Å². The summed E-state index contributed by atoms with van der Waals surface area (Å²) in [4.78, 5) is 0. The number of hydrogen-bond acceptors (Lipinski definition) is 6. The van der Waals surface area contributed by atoms with Crippen molar-refractivity contribution in [2.75, 3.05) is 26.4 Å². The summed E-state index contributed by atoms with van der Waals surface area (Å²) in [5.41, 5.74) is 1.49. The van der Waals surface area contributed by atoms with Crippen LogP contribution in [0.3, 0.4) is 0 Å². The lowest BCUT2D eigenvalue weighted by atomic mass is 9.78. The smallest absolute Gasteiger partial charge is 0.147 e. The highest BCUT2D eigenvalue weighted by Crippen LogP contribution is 2.48. The zero-order chi connectivity index (χ0) is 34.5. The molecule has 0 amide bonds. The molecule has 4 rings (SSSR count). The van der Waals surface area contributed by atoms with Gasteiger partial charge in [-0.1, -0.05) is 89.7 Å². The Morgan fingerprint density at radius 1 is 0.489 bits per heavy atom. The topological polar surface area (TPSA) is 77.4 Å². The highest BCUT2D eigenvalue weighted by atomic mass is 79.9. The molecular weight excluding hydrogens is 1130 g/mol. The maximum absolute atomic E-state index is 10.5. The molecule has 2 atom stereocenters. The van der Waals surface area contributed by atoms with Gasteiger partial charge in [-0.15, -0.1) is 0 Å². The second-order valence-corrected chi connectivity index (χ2v) is 17.6. The summed E-state index contributed by atoms with van der Waals surface area (Å²) in [6.07, 6.45) is -1.70. The van der Waals surface area contributed by atoms with Gasteiger partial charge in [-0.3, -0.25) is 0 Å². The lowest BCUT2D eigenvalue weighted by Gasteiger charge is -2.31. The number of hydrogen-bond donors (Lipinski definition) is 2. The van der Waals surface area contributed by atoms with Gasteiger partial charge < -0.3 is 29.2 Å². The van der Waals surface area contributed by atoms with E-state index in [1.807, 2.05) is 60.7 Å². The minimum absolute atomic E-state index is 0.0461. The molecule has 0 saturated heterocycles. The molecule has 2 unspecified atom stereocenters. The Kier molecular flexibility index (Phi) is 15.1. The average molecular weight is 1160 g/mol. The lowest BCUT2D eigenvalue weighted by molar-refractivity contribution is 0.0620. The molecule has 0 bridgehead atoms. The fraction of sp³-hybridized carbons (Fsp3) is 0.273. The first-order valence-corrected chi connectivity index (χ1v) is 20.3. The van der Waals surface area contributed by atoms with Crippen molar-refractivity contribution < 1.29 is 29.2 Å². The number of para-hydroxylation sites is 2. The second-order valence-electron chi connectivity index (χ2n) is 10.8. The Balaban J connectivity index is 1.40. The monoisotopic (exact) mass is 1150 g/mol. The van der Waals surface area contributed by atoms with Crippen LogP contribution in [0.5, 0.6) is 23.0 Å². The fourth-order valence-electron chi connectivity index (χ4n) is 4.67. The zero-order valence-corrected chi connectivity index (χ0v) is 37.5. The van der Waals surface area contributed by atoms with E-state index in [-0.39, 0.29) is 26.4 Å². The summed E-state index contributed by atoms with van der Waals surface area (Å²) in [7, 11) is 0. The molecule has 6 nitrogen and oxygen atoms in total. The minimum Gasteiger partial charge on any atom is -0.491 e. The van der Waals surface area contributed by atoms with Crippen molar-refractivity contribution in [3.63, 3.8) is 0 Å². The molecule has 0 aliphatic heterocycles. The van der Waals surface area contributed by atoms with Crippen LogP contribution < -0.4 is 18.9 Å². The Labute approximate surface area is 341 Å². The molecule has 4 aromatic rings. The van der Waals surface area contributed by atoms with Crippen molar-refractivity contribution in [3.05, 3.63) is 108 Å². The molecule has 2 N–H and O–H groups in total. The van der Waals surface area contributed by atoms with E-state index in [0.29, 0.717) is 23.0 Å². The summed E-state index contributed by atoms with van der Waals surface area (Å²) < 4.78 is 29.9. The molecule has 0 spiro atoms. The number of ether oxygens (including phenoxy) is 4. The third kappa shape index (κ3) is 10.4. The van der Waals surface area contributed by atoms with E-state index in [9.17, 15) is 10.2 Å². The minimum atomic E-state index is -0.850. The van der Waals surface area contributed by atoms with Crippen molar-refractivity contribution >= 4 is 127 Å². The van der Waals surface area contributed by atoms with E-state index < -0.39 is 17.6 Å². The average Bonchev–Trinajstić information content (AvgIpc) is 2.97. The third-order valence-corrected chi connectivity index (χ3v) is 11.8. The maximum atomic E-state index is 10.5. The van der Waals surface area contributed by atoms with E-state index >= 15 is 0 Å². The van der Waals surface area contributed by atoms with Crippen molar-refractivity contribution in [2.45, 2.75) is 31.5 Å². The van der Waals surface area contributed by atoms with Crippen molar-refractivity contribution in [1.29, 1.82) is 0 Å². The molecule has 0 radical (unpaired) electrons. The normalized spacial score (nSPS) is 12.9. The van der Waals surface area contributed by atoms with Gasteiger partial charge in [0.15, 0.2) is 0 Å². The summed E-state index contributed by atoms with van der Waals surface area (Å²) in [5, 5.41) is 21.0. The molecule has 0 aromatic heterocycles. The van der Waals surface area contributed by atoms with Crippen LogP contribution in [-0.4, -0.2) is 48.8 Å². The van der Waals surface area contributed by atoms with Gasteiger partial charge in [0.25, 0.3) is 0 Å². The maximum Gasteiger partial charge on any atom is 0.147 e. The van der Waals surface area contributed by atoms with E-state index in [0.717, 1.165) is 46.9 Å². The van der Waals surface area contributed by atoms with Crippen molar-refractivity contribution in [2.24, 2.45) is 0 Å². The SMILES string of the molecule is CC(C)(c1c(Br)cc(OCC(O)COc2c(Br)cccc2Br)cc1Br)c1c(Br)cc(OCC(O)COc2c(Br)cccc2Br)cc1Br. The molecular formula is C33H28Br8O6. The van der Waals surface area contributed by atoms with Crippen LogP contribution in [0.15, 0.2) is 96.4 Å². The van der Waals surface area contributed by atoms with Crippen molar-refractivity contribution in [1.82, 2.24) is 0 Å². The molecule has 4 aromatic carbocycles. The lowest BCUT2D eigenvalue weighted by Crippen LogP contribution is -2.26. The largest absolute Gasteiger partial charge is 0.491 e. The summed E-state index contributed by atoms with van der Waals surface area (Å²) in [6.45, 7) is 4.45. The molecule has 0 saturated carbocycles. The Bertz CT molecular complexity index is 1510. The van der Waals surface area contributed by atoms with Gasteiger partial charge in [0.05, 0.1) is 17.9 Å². The summed E-state index contributed by atoms with van der Waals surface area (Å²) in [5.74, 6) is 2.41. The predicted molar refractivity (Wildman–Crippen MR) is 213 cm³/mol. The summed E-state index contributed by atoms with van der Waals surface area (Å²) in [6, 6.07) is 18.8. The van der Waals surface area contributed by atoms with Crippen LogP contribution in [0.25, 0.3) is 0 Å². The quantitative estimate of drug-likeness (QED) is 0.131. The number of rotatable bonds is 14. The number of benzene rings is 4. The third-order valence-electron chi connectivity index (χ3n) is 6.84. The first kappa shape index (κ1) is 39.6. The van der Waals surface area contributed by atoms with E-state index in [4.69, 9.17) is 18.9 Å². The first-order chi connectivity index (χ1) is 22.2. The molecule has 0 fully saturated rings. The number of aliphatic hydroxyl groups is 2. The van der Waals surface area contributed by atoms with Crippen LogP contribution in [0, 0.1) is 0 Å². The van der Waals surface area contributed by atoms with E-state index in [2.05, 4.69) is 141 Å². The van der Waals surface area contributed by atoms with Crippen LogP contribution in [-0.2, 0) is 5.41 Å². The molecule has 0 heterocycles. The van der Waals surface area contributed by atoms with E-state index in [1.165, 1.54) is 0 Å². The van der Waals surface area contributed by atoms with Crippen LogP contribution in [0.4, 0.5) is 0 Å². The molecule has 0 aliphatic carbocycles. The van der Waals surface area contributed by atoms with Gasteiger partial charge in [-0.05, 0) is 123 Å². The fourth-order valence-corrected chi connectivity index (χ4v) is 11.4. The second kappa shape index (κ2) is 17.9. The standard InChI is InChI=1S/C33H28Br8O6/c1-33(2,29-25(38)9-19(10-26(29)39)44-13-17(42)15-46-31-21(34)5-3-6-22(31)35)30-27(40)11-20(12-28(30)41)45-14-18(43)16-47-32-23(36)7-4-8-24(32)37/h3-12,17-18,42-43H,13-16H2,1-2H3. The highest BCUT2D eigenvalue weighted by molar-refractivity contribution is 9.12. The Morgan fingerprint density at radius 3 is 1.06 bits per heavy atom. The van der Waals surface area contributed by atoms with Gasteiger partial charge in [-0.2, -0.15) is 0 Å². The number of aliphatic hydroxyl groups excluding tert-OH is 2. The van der Waals surface area contributed by atoms with Gasteiger partial charge in [0.2, 0.25) is 0 Å². The molecule has 0 aliphatic rings. The van der Waals surface area contributed by atoms with Gasteiger partial charge in [-0.25, -0.2) is 0 Å². The zero-order valence-electron chi connectivity index (χ0n) is 24.8. The first-order valence-electron chi connectivity index (χ1n) is 13.9. The highest BCUT2D eigenvalue weighted by Gasteiger charge is 2.33. The van der Waals surface area contributed by atoms with E-state index in [1.54, 1.807) is 0 Å². The molecule has 47 heavy (non-hydrogen) atoms. The van der Waals surface area contributed by atoms with Gasteiger partial charge in [0.1, 0.15) is 61.6 Å².